The number of ketones is 2. The second kappa shape index (κ2) is 11.7. The van der Waals surface area contributed by atoms with Crippen LogP contribution in [0.25, 0.3) is 16.6 Å². The molecule has 0 unspecified atom stereocenters. The van der Waals surface area contributed by atoms with E-state index in [9.17, 15) is 18.8 Å². The molecule has 1 aliphatic carbocycles. The van der Waals surface area contributed by atoms with Gasteiger partial charge in [-0.15, -0.1) is 0 Å². The number of fused-ring (bicyclic) bond motifs is 2. The third kappa shape index (κ3) is 5.30. The molecular formula is C34H26F2N2O6. The van der Waals surface area contributed by atoms with Crippen LogP contribution in [0.5, 0.6) is 23.0 Å². The van der Waals surface area contributed by atoms with Crippen LogP contribution >= 0.6 is 0 Å². The molecule has 0 spiro atoms. The number of rotatable bonds is 8. The summed E-state index contributed by atoms with van der Waals surface area (Å²) in [4.78, 5) is 44.1. The van der Waals surface area contributed by atoms with Gasteiger partial charge in [0, 0.05) is 41.7 Å². The van der Waals surface area contributed by atoms with Crippen LogP contribution in [0, 0.1) is 11.6 Å². The molecule has 0 fully saturated rings. The molecule has 0 bridgehead atoms. The zero-order chi connectivity index (χ0) is 31.0. The first-order chi connectivity index (χ1) is 21.3. The van der Waals surface area contributed by atoms with Crippen molar-refractivity contribution in [2.75, 3.05) is 14.2 Å². The van der Waals surface area contributed by atoms with E-state index in [1.54, 1.807) is 24.3 Å². The van der Waals surface area contributed by atoms with E-state index in [-0.39, 0.29) is 41.2 Å². The Labute approximate surface area is 250 Å². The smallest absolute Gasteiger partial charge is 0.266 e. The minimum atomic E-state index is -0.724. The molecule has 0 aliphatic heterocycles. The van der Waals surface area contributed by atoms with Crippen molar-refractivity contribution in [1.29, 1.82) is 0 Å². The number of hydrogen-bond acceptors (Lipinski definition) is 7. The first-order valence-electron chi connectivity index (χ1n) is 13.9. The van der Waals surface area contributed by atoms with Gasteiger partial charge in [0.15, 0.2) is 34.6 Å². The molecule has 8 nitrogen and oxygen atoms in total. The molecule has 0 saturated heterocycles. The van der Waals surface area contributed by atoms with Crippen molar-refractivity contribution in [3.63, 3.8) is 0 Å². The minimum absolute atomic E-state index is 0.0867. The summed E-state index contributed by atoms with van der Waals surface area (Å²) in [5.74, 6) is -0.903. The molecule has 2 heterocycles. The summed E-state index contributed by atoms with van der Waals surface area (Å²) in [6.07, 6.45) is 2.47. The van der Waals surface area contributed by atoms with Gasteiger partial charge in [-0.05, 0) is 66.9 Å². The SMILES string of the molecule is COc1cc2nccc(Oc3ccc(CC(=O)c4cc5c(n(-c6cccc(F)c6)c4=O)CCCC5=O)cc3F)c2cc1OC. The number of ether oxygens (including phenoxy) is 3. The number of carbonyl (C=O) groups excluding carboxylic acids is 2. The molecule has 3 aromatic carbocycles. The van der Waals surface area contributed by atoms with Crippen LogP contribution in [0.4, 0.5) is 8.78 Å². The summed E-state index contributed by atoms with van der Waals surface area (Å²) >= 11 is 0. The van der Waals surface area contributed by atoms with Crippen LogP contribution in [0.15, 0.2) is 77.7 Å². The fraction of sp³-hybridized carbons (Fsp3) is 0.176. The fourth-order valence-corrected chi connectivity index (χ4v) is 5.45. The lowest BCUT2D eigenvalue weighted by Gasteiger charge is -2.21. The number of nitrogens with zero attached hydrogens (tertiary/aromatic N) is 2. The van der Waals surface area contributed by atoms with Gasteiger partial charge in [0.25, 0.3) is 5.56 Å². The normalized spacial score (nSPS) is 12.6. The maximum absolute atomic E-state index is 15.3. The molecule has 10 heteroatoms. The van der Waals surface area contributed by atoms with E-state index in [1.807, 2.05) is 0 Å². The molecule has 2 aromatic heterocycles. The fourth-order valence-electron chi connectivity index (χ4n) is 5.45. The number of benzene rings is 3. The van der Waals surface area contributed by atoms with Gasteiger partial charge in [0.1, 0.15) is 11.6 Å². The maximum atomic E-state index is 15.3. The van der Waals surface area contributed by atoms with E-state index in [0.29, 0.717) is 52.3 Å². The molecule has 0 amide bonds. The topological polar surface area (TPSA) is 96.7 Å². The molecule has 0 atom stereocenters. The summed E-state index contributed by atoms with van der Waals surface area (Å²) in [7, 11) is 3.01. The van der Waals surface area contributed by atoms with Crippen molar-refractivity contribution in [3.05, 3.63) is 117 Å². The van der Waals surface area contributed by atoms with Crippen molar-refractivity contribution >= 4 is 22.5 Å². The number of pyridine rings is 2. The Morgan fingerprint density at radius 1 is 0.886 bits per heavy atom. The van der Waals surface area contributed by atoms with E-state index >= 15 is 4.39 Å². The second-order valence-corrected chi connectivity index (χ2v) is 10.3. The van der Waals surface area contributed by atoms with E-state index < -0.39 is 23.0 Å². The second-order valence-electron chi connectivity index (χ2n) is 10.3. The van der Waals surface area contributed by atoms with Crippen LogP contribution in [-0.4, -0.2) is 35.3 Å². The minimum Gasteiger partial charge on any atom is -0.493 e. The van der Waals surface area contributed by atoms with E-state index in [2.05, 4.69) is 4.98 Å². The van der Waals surface area contributed by atoms with Gasteiger partial charge in [-0.1, -0.05) is 12.1 Å². The Morgan fingerprint density at radius 2 is 1.68 bits per heavy atom. The lowest BCUT2D eigenvalue weighted by atomic mass is 9.91. The molecule has 1 aliphatic rings. The first-order valence-corrected chi connectivity index (χ1v) is 13.9. The van der Waals surface area contributed by atoms with Crippen LogP contribution < -0.4 is 19.8 Å². The zero-order valence-corrected chi connectivity index (χ0v) is 23.9. The lowest BCUT2D eigenvalue weighted by molar-refractivity contribution is 0.0971. The van der Waals surface area contributed by atoms with E-state index in [1.165, 1.54) is 61.4 Å². The number of Topliss-reactive ketones (excluding diaryl/α,β-unsaturated/α-hetero) is 2. The highest BCUT2D eigenvalue weighted by molar-refractivity contribution is 6.03. The average molecular weight is 597 g/mol. The standard InChI is InChI=1S/C34H26F2N2O6/c1-42-32-17-22-26(18-33(32)43-2)37-12-11-30(22)44-31-10-9-19(13-25(31)36)14-29(40)24-16-23-27(7-4-8-28(23)39)38(34(24)41)21-6-3-5-20(35)15-21/h3,5-6,9-13,15-18H,4,7-8,14H2,1-2H3. The maximum Gasteiger partial charge on any atom is 0.266 e. The third-order valence-corrected chi connectivity index (χ3v) is 7.58. The predicted octanol–water partition coefficient (Wildman–Crippen LogP) is 6.42. The van der Waals surface area contributed by atoms with Crippen LogP contribution in [0.1, 0.15) is 44.8 Å². The average Bonchev–Trinajstić information content (AvgIpc) is 3.01. The molecule has 0 radical (unpaired) electrons. The van der Waals surface area contributed by atoms with Crippen molar-refractivity contribution in [1.82, 2.24) is 9.55 Å². The van der Waals surface area contributed by atoms with Crippen LogP contribution in [-0.2, 0) is 12.8 Å². The van der Waals surface area contributed by atoms with Crippen molar-refractivity contribution in [2.24, 2.45) is 0 Å². The van der Waals surface area contributed by atoms with E-state index in [4.69, 9.17) is 14.2 Å². The number of halogens is 2. The highest BCUT2D eigenvalue weighted by atomic mass is 19.1. The van der Waals surface area contributed by atoms with E-state index in [0.717, 1.165) is 6.07 Å². The van der Waals surface area contributed by atoms with Gasteiger partial charge in [-0.3, -0.25) is 23.9 Å². The summed E-state index contributed by atoms with van der Waals surface area (Å²) in [6, 6.07) is 15.8. The third-order valence-electron chi connectivity index (χ3n) is 7.58. The van der Waals surface area contributed by atoms with Gasteiger partial charge in [-0.2, -0.15) is 0 Å². The Hall–Kier alpha value is -5.38. The first kappa shape index (κ1) is 28.7. The van der Waals surface area contributed by atoms with Gasteiger partial charge >= 0.3 is 0 Å². The quantitative estimate of drug-likeness (QED) is 0.191. The summed E-state index contributed by atoms with van der Waals surface area (Å²) in [6.45, 7) is 0. The Balaban J connectivity index is 1.31. The highest BCUT2D eigenvalue weighted by Gasteiger charge is 2.26. The van der Waals surface area contributed by atoms with Gasteiger partial charge in [0.2, 0.25) is 0 Å². The number of aromatic nitrogens is 2. The Bertz CT molecular complexity index is 2020. The molecule has 222 valence electrons. The van der Waals surface area contributed by atoms with Crippen molar-refractivity contribution in [2.45, 2.75) is 25.7 Å². The lowest BCUT2D eigenvalue weighted by Crippen LogP contribution is -2.32. The van der Waals surface area contributed by atoms with Crippen molar-refractivity contribution in [3.8, 4) is 28.7 Å². The summed E-state index contributed by atoms with van der Waals surface area (Å²) in [5.41, 5.74) is 0.894. The monoisotopic (exact) mass is 596 g/mol. The van der Waals surface area contributed by atoms with Gasteiger partial charge < -0.3 is 14.2 Å². The van der Waals surface area contributed by atoms with Gasteiger partial charge in [0.05, 0.1) is 31.0 Å². The van der Waals surface area contributed by atoms with Crippen LogP contribution in [0.2, 0.25) is 0 Å². The largest absolute Gasteiger partial charge is 0.493 e. The zero-order valence-electron chi connectivity index (χ0n) is 23.9. The van der Waals surface area contributed by atoms with Crippen LogP contribution in [0.3, 0.4) is 0 Å². The molecule has 44 heavy (non-hydrogen) atoms. The number of methoxy groups -OCH3 is 2. The molecule has 0 N–H and O–H groups in total. The summed E-state index contributed by atoms with van der Waals surface area (Å²) in [5, 5.41) is 0.570. The molecular weight excluding hydrogens is 570 g/mol. The highest BCUT2D eigenvalue weighted by Crippen LogP contribution is 2.37. The summed E-state index contributed by atoms with van der Waals surface area (Å²) < 4.78 is 47.2. The van der Waals surface area contributed by atoms with Crippen molar-refractivity contribution < 1.29 is 32.6 Å². The predicted molar refractivity (Wildman–Crippen MR) is 159 cm³/mol. The molecule has 6 rings (SSSR count). The number of carbonyl (C=O) groups is 2. The number of hydrogen-bond donors (Lipinski definition) is 0. The molecule has 0 saturated carbocycles. The van der Waals surface area contributed by atoms with Gasteiger partial charge in [-0.25, -0.2) is 8.78 Å². The molecule has 5 aromatic rings. The Kier molecular flexibility index (Phi) is 7.65. The Morgan fingerprint density at radius 3 is 2.43 bits per heavy atom.